The molecule has 1 amide bonds. The third-order valence-corrected chi connectivity index (χ3v) is 4.45. The molecule has 2 rings (SSSR count). The lowest BCUT2D eigenvalue weighted by Gasteiger charge is -2.20. The molecule has 0 saturated heterocycles. The maximum Gasteiger partial charge on any atom is 0.326 e. The van der Waals surface area contributed by atoms with Crippen molar-refractivity contribution in [1.82, 2.24) is 15.1 Å². The molecule has 1 aromatic carbocycles. The van der Waals surface area contributed by atoms with Crippen molar-refractivity contribution >= 4 is 22.6 Å². The summed E-state index contributed by atoms with van der Waals surface area (Å²) in [6, 6.07) is 2.29. The molecule has 1 aromatic heterocycles. The van der Waals surface area contributed by atoms with Gasteiger partial charge in [0, 0.05) is 5.39 Å². The van der Waals surface area contributed by atoms with E-state index < -0.39 is 30.0 Å². The number of benzene rings is 1. The lowest BCUT2D eigenvalue weighted by Crippen LogP contribution is -2.47. The number of ether oxygens (including phenoxy) is 2. The molecule has 0 unspecified atom stereocenters. The van der Waals surface area contributed by atoms with Crippen LogP contribution in [0.1, 0.15) is 20.3 Å². The number of nitrogens with zero attached hydrogens (tertiary/aromatic N) is 2. The van der Waals surface area contributed by atoms with Crippen LogP contribution in [0.15, 0.2) is 23.1 Å². The molecule has 0 saturated carbocycles. The van der Waals surface area contributed by atoms with Crippen molar-refractivity contribution in [2.45, 2.75) is 32.9 Å². The van der Waals surface area contributed by atoms with E-state index in [2.05, 4.69) is 10.4 Å². The van der Waals surface area contributed by atoms with Gasteiger partial charge in [-0.05, 0) is 18.1 Å². The zero-order valence-corrected chi connectivity index (χ0v) is 15.7. The molecule has 146 valence electrons. The SMILES string of the molecule is CC[C@@H](C)[C@H](NC(=O)Cn1ncc2ccc(OC)c(OC)c2c1=O)C(=O)O. The Morgan fingerprint density at radius 3 is 2.56 bits per heavy atom. The van der Waals surface area contributed by atoms with Crippen molar-refractivity contribution in [3.8, 4) is 11.5 Å². The molecule has 9 heteroatoms. The lowest BCUT2D eigenvalue weighted by molar-refractivity contribution is -0.143. The standard InChI is InChI=1S/C18H23N3O6/c1-5-10(2)15(18(24)25)20-13(22)9-21-17(23)14-11(8-19-21)6-7-12(26-3)16(14)27-4/h6-8,10,15H,5,9H2,1-4H3,(H,20,22)(H,24,25)/t10-,15+/m1/s1. The summed E-state index contributed by atoms with van der Waals surface area (Å²) < 4.78 is 11.5. The van der Waals surface area contributed by atoms with E-state index in [1.165, 1.54) is 20.4 Å². The van der Waals surface area contributed by atoms with Crippen LogP contribution in [-0.2, 0) is 16.1 Å². The lowest BCUT2D eigenvalue weighted by atomic mass is 9.99. The van der Waals surface area contributed by atoms with Crippen molar-refractivity contribution in [2.75, 3.05) is 14.2 Å². The molecule has 27 heavy (non-hydrogen) atoms. The Morgan fingerprint density at radius 1 is 1.30 bits per heavy atom. The fraction of sp³-hybridized carbons (Fsp3) is 0.444. The van der Waals surface area contributed by atoms with Gasteiger partial charge in [0.2, 0.25) is 5.91 Å². The van der Waals surface area contributed by atoms with Gasteiger partial charge in [-0.2, -0.15) is 5.10 Å². The molecule has 0 aliphatic heterocycles. The summed E-state index contributed by atoms with van der Waals surface area (Å²) in [5, 5.41) is 16.5. The van der Waals surface area contributed by atoms with E-state index in [0.29, 0.717) is 17.6 Å². The van der Waals surface area contributed by atoms with Crippen LogP contribution < -0.4 is 20.3 Å². The molecule has 0 bridgehead atoms. The van der Waals surface area contributed by atoms with Crippen molar-refractivity contribution in [3.05, 3.63) is 28.7 Å². The topological polar surface area (TPSA) is 120 Å². The number of methoxy groups -OCH3 is 2. The number of aromatic nitrogens is 2. The number of amides is 1. The van der Waals surface area contributed by atoms with Gasteiger partial charge in [-0.15, -0.1) is 0 Å². The van der Waals surface area contributed by atoms with E-state index in [1.54, 1.807) is 19.1 Å². The van der Waals surface area contributed by atoms with Crippen molar-refractivity contribution in [1.29, 1.82) is 0 Å². The van der Waals surface area contributed by atoms with Crippen LogP contribution in [0.3, 0.4) is 0 Å². The molecule has 0 fully saturated rings. The number of carboxylic acid groups (broad SMARTS) is 1. The van der Waals surface area contributed by atoms with Crippen LogP contribution in [0, 0.1) is 5.92 Å². The van der Waals surface area contributed by atoms with Crippen molar-refractivity contribution < 1.29 is 24.2 Å². The third kappa shape index (κ3) is 4.18. The van der Waals surface area contributed by atoms with Crippen LogP contribution in [0.25, 0.3) is 10.8 Å². The van der Waals surface area contributed by atoms with Gasteiger partial charge in [-0.25, -0.2) is 9.48 Å². The second-order valence-electron chi connectivity index (χ2n) is 6.14. The Kier molecular flexibility index (Phi) is 6.38. The van der Waals surface area contributed by atoms with Gasteiger partial charge in [0.05, 0.1) is 25.8 Å². The van der Waals surface area contributed by atoms with Crippen molar-refractivity contribution in [3.63, 3.8) is 0 Å². The van der Waals surface area contributed by atoms with Gasteiger partial charge in [-0.3, -0.25) is 9.59 Å². The van der Waals surface area contributed by atoms with E-state index in [-0.39, 0.29) is 17.1 Å². The Hall–Kier alpha value is -3.10. The van der Waals surface area contributed by atoms with E-state index in [1.807, 2.05) is 6.92 Å². The molecule has 0 spiro atoms. The minimum Gasteiger partial charge on any atom is -0.493 e. The number of carbonyl (C=O) groups excluding carboxylic acids is 1. The highest BCUT2D eigenvalue weighted by Gasteiger charge is 2.25. The Balaban J connectivity index is 2.36. The molecule has 2 atom stereocenters. The highest BCUT2D eigenvalue weighted by atomic mass is 16.5. The number of nitrogens with one attached hydrogen (secondary N) is 1. The van der Waals surface area contributed by atoms with Crippen LogP contribution in [-0.4, -0.2) is 47.0 Å². The van der Waals surface area contributed by atoms with E-state index in [0.717, 1.165) is 4.68 Å². The molecule has 0 aliphatic carbocycles. The van der Waals surface area contributed by atoms with Crippen LogP contribution >= 0.6 is 0 Å². The molecule has 1 heterocycles. The van der Waals surface area contributed by atoms with Crippen LogP contribution in [0.5, 0.6) is 11.5 Å². The maximum atomic E-state index is 12.8. The highest BCUT2D eigenvalue weighted by molar-refractivity contribution is 5.89. The number of carboxylic acids is 1. The zero-order chi connectivity index (χ0) is 20.1. The molecule has 2 aromatic rings. The molecule has 0 radical (unpaired) electrons. The Labute approximate surface area is 155 Å². The summed E-state index contributed by atoms with van der Waals surface area (Å²) in [5.74, 6) is -1.36. The van der Waals surface area contributed by atoms with Gasteiger partial charge in [0.15, 0.2) is 11.5 Å². The Morgan fingerprint density at radius 2 is 2.00 bits per heavy atom. The summed E-state index contributed by atoms with van der Waals surface area (Å²) >= 11 is 0. The number of rotatable bonds is 8. The summed E-state index contributed by atoms with van der Waals surface area (Å²) in [7, 11) is 2.87. The molecule has 9 nitrogen and oxygen atoms in total. The van der Waals surface area contributed by atoms with E-state index in [9.17, 15) is 19.5 Å². The van der Waals surface area contributed by atoms with Crippen molar-refractivity contribution in [2.24, 2.45) is 5.92 Å². The Bertz CT molecular complexity index is 908. The average Bonchev–Trinajstić information content (AvgIpc) is 2.66. The fourth-order valence-corrected chi connectivity index (χ4v) is 2.73. The number of hydrogen-bond acceptors (Lipinski definition) is 6. The maximum absolute atomic E-state index is 12.8. The van der Waals surface area contributed by atoms with E-state index >= 15 is 0 Å². The highest BCUT2D eigenvalue weighted by Crippen LogP contribution is 2.32. The first-order chi connectivity index (χ1) is 12.8. The number of aliphatic carboxylic acids is 1. The van der Waals surface area contributed by atoms with Gasteiger partial charge in [0.1, 0.15) is 12.6 Å². The van der Waals surface area contributed by atoms with Crippen LogP contribution in [0.2, 0.25) is 0 Å². The molecule has 0 aliphatic rings. The second-order valence-corrected chi connectivity index (χ2v) is 6.14. The monoisotopic (exact) mass is 377 g/mol. The summed E-state index contributed by atoms with van der Waals surface area (Å²) in [4.78, 5) is 36.4. The summed E-state index contributed by atoms with van der Waals surface area (Å²) in [5.41, 5.74) is -0.534. The number of hydrogen-bond donors (Lipinski definition) is 2. The van der Waals surface area contributed by atoms with Gasteiger partial charge in [0.25, 0.3) is 5.56 Å². The molecule has 2 N–H and O–H groups in total. The minimum absolute atomic E-state index is 0.233. The first-order valence-corrected chi connectivity index (χ1v) is 8.47. The third-order valence-electron chi connectivity index (χ3n) is 4.45. The van der Waals surface area contributed by atoms with E-state index in [4.69, 9.17) is 9.47 Å². The second kappa shape index (κ2) is 8.52. The largest absolute Gasteiger partial charge is 0.493 e. The van der Waals surface area contributed by atoms with Gasteiger partial charge in [-0.1, -0.05) is 20.3 Å². The number of fused-ring (bicyclic) bond motifs is 1. The van der Waals surface area contributed by atoms with Crippen LogP contribution in [0.4, 0.5) is 0 Å². The van der Waals surface area contributed by atoms with Gasteiger partial charge < -0.3 is 19.9 Å². The fourth-order valence-electron chi connectivity index (χ4n) is 2.73. The molecular weight excluding hydrogens is 354 g/mol. The average molecular weight is 377 g/mol. The number of carbonyl (C=O) groups is 2. The van der Waals surface area contributed by atoms with Gasteiger partial charge >= 0.3 is 5.97 Å². The first kappa shape index (κ1) is 20.2. The first-order valence-electron chi connectivity index (χ1n) is 8.47. The quantitative estimate of drug-likeness (QED) is 0.705. The minimum atomic E-state index is -1.12. The normalized spacial score (nSPS) is 13.0. The predicted octanol–water partition coefficient (Wildman–Crippen LogP) is 1.03. The molecular formula is C18H23N3O6. The summed E-state index contributed by atoms with van der Waals surface area (Å²) in [6.07, 6.45) is 2.03. The zero-order valence-electron chi connectivity index (χ0n) is 15.7. The summed E-state index contributed by atoms with van der Waals surface area (Å²) in [6.45, 7) is 3.16. The smallest absolute Gasteiger partial charge is 0.326 e. The predicted molar refractivity (Wildman–Crippen MR) is 98.1 cm³/mol.